The quantitative estimate of drug-likeness (QED) is 0.752. The number of aromatic nitrogens is 2. The second kappa shape index (κ2) is 3.92. The molecule has 1 aliphatic heterocycles. The largest absolute Gasteiger partial charge is 0.355 e. The van der Waals surface area contributed by atoms with E-state index in [4.69, 9.17) is 5.73 Å². The van der Waals surface area contributed by atoms with Gasteiger partial charge in [-0.15, -0.1) is 0 Å². The highest BCUT2D eigenvalue weighted by molar-refractivity contribution is 5.37. The number of anilines is 1. The molecule has 4 nitrogen and oxygen atoms in total. The predicted octanol–water partition coefficient (Wildman–Crippen LogP) is 0.781. The Bertz CT molecular complexity index is 295. The minimum absolute atomic E-state index is 0.462. The van der Waals surface area contributed by atoms with Crippen LogP contribution in [-0.4, -0.2) is 23.1 Å². The van der Waals surface area contributed by atoms with E-state index in [0.29, 0.717) is 6.54 Å². The van der Waals surface area contributed by atoms with Crippen molar-refractivity contribution in [2.24, 2.45) is 11.7 Å². The summed E-state index contributed by atoms with van der Waals surface area (Å²) in [5.41, 5.74) is 6.31. The second-order valence-electron chi connectivity index (χ2n) is 3.91. The van der Waals surface area contributed by atoms with Gasteiger partial charge in [0.05, 0.1) is 18.1 Å². The van der Waals surface area contributed by atoms with Gasteiger partial charge in [-0.3, -0.25) is 4.98 Å². The standard InChI is InChI=1S/C10H16N4/c1-8-2-3-14(7-8)10-6-12-9(4-11)5-13-10/h5-6,8H,2-4,7,11H2,1H3. The Labute approximate surface area is 84.2 Å². The third-order valence-corrected chi connectivity index (χ3v) is 2.65. The monoisotopic (exact) mass is 192 g/mol. The molecule has 1 unspecified atom stereocenters. The molecule has 0 radical (unpaired) electrons. The van der Waals surface area contributed by atoms with Crippen LogP contribution in [0.2, 0.25) is 0 Å². The lowest BCUT2D eigenvalue weighted by molar-refractivity contribution is 0.658. The molecular formula is C10H16N4. The first kappa shape index (κ1) is 9.40. The molecular weight excluding hydrogens is 176 g/mol. The van der Waals surface area contributed by atoms with Gasteiger partial charge in [0.2, 0.25) is 0 Å². The van der Waals surface area contributed by atoms with Crippen LogP contribution in [0.4, 0.5) is 5.82 Å². The molecule has 76 valence electrons. The zero-order valence-electron chi connectivity index (χ0n) is 8.48. The fraction of sp³-hybridized carbons (Fsp3) is 0.600. The number of hydrogen-bond donors (Lipinski definition) is 1. The Balaban J connectivity index is 2.09. The molecule has 14 heavy (non-hydrogen) atoms. The first-order valence-corrected chi connectivity index (χ1v) is 5.05. The molecule has 1 atom stereocenters. The number of nitrogens with zero attached hydrogens (tertiary/aromatic N) is 3. The number of rotatable bonds is 2. The zero-order chi connectivity index (χ0) is 9.97. The summed E-state index contributed by atoms with van der Waals surface area (Å²) in [6.07, 6.45) is 4.83. The molecule has 0 bridgehead atoms. The summed E-state index contributed by atoms with van der Waals surface area (Å²) >= 11 is 0. The highest BCUT2D eigenvalue weighted by Gasteiger charge is 2.19. The van der Waals surface area contributed by atoms with Crippen molar-refractivity contribution in [3.05, 3.63) is 18.1 Å². The third kappa shape index (κ3) is 1.85. The highest BCUT2D eigenvalue weighted by atomic mass is 15.2. The first-order valence-electron chi connectivity index (χ1n) is 5.05. The summed E-state index contributed by atoms with van der Waals surface area (Å²) in [5.74, 6) is 1.75. The van der Waals surface area contributed by atoms with Crippen molar-refractivity contribution in [2.45, 2.75) is 19.9 Å². The number of hydrogen-bond acceptors (Lipinski definition) is 4. The fourth-order valence-corrected chi connectivity index (χ4v) is 1.76. The van der Waals surface area contributed by atoms with Crippen LogP contribution >= 0.6 is 0 Å². The van der Waals surface area contributed by atoms with E-state index in [2.05, 4.69) is 21.8 Å². The maximum absolute atomic E-state index is 5.46. The van der Waals surface area contributed by atoms with E-state index in [1.54, 1.807) is 6.20 Å². The molecule has 1 aliphatic rings. The summed E-state index contributed by atoms with van der Waals surface area (Å²) in [7, 11) is 0. The van der Waals surface area contributed by atoms with Gasteiger partial charge in [0, 0.05) is 19.6 Å². The minimum Gasteiger partial charge on any atom is -0.355 e. The third-order valence-electron chi connectivity index (χ3n) is 2.65. The number of nitrogens with two attached hydrogens (primary N) is 1. The summed E-state index contributed by atoms with van der Waals surface area (Å²) in [6, 6.07) is 0. The van der Waals surface area contributed by atoms with Crippen LogP contribution in [0.25, 0.3) is 0 Å². The maximum Gasteiger partial charge on any atom is 0.147 e. The van der Waals surface area contributed by atoms with Gasteiger partial charge in [-0.2, -0.15) is 0 Å². The Hall–Kier alpha value is -1.16. The van der Waals surface area contributed by atoms with Crippen LogP contribution in [0.1, 0.15) is 19.0 Å². The van der Waals surface area contributed by atoms with Crippen molar-refractivity contribution in [1.29, 1.82) is 0 Å². The molecule has 2 N–H and O–H groups in total. The van der Waals surface area contributed by atoms with Crippen LogP contribution < -0.4 is 10.6 Å². The smallest absolute Gasteiger partial charge is 0.147 e. The van der Waals surface area contributed by atoms with Gasteiger partial charge in [0.15, 0.2) is 0 Å². The molecule has 4 heteroatoms. The van der Waals surface area contributed by atoms with Crippen molar-refractivity contribution in [3.63, 3.8) is 0 Å². The van der Waals surface area contributed by atoms with Crippen LogP contribution in [0, 0.1) is 5.92 Å². The lowest BCUT2D eigenvalue weighted by atomic mass is 10.2. The van der Waals surface area contributed by atoms with Crippen molar-refractivity contribution in [1.82, 2.24) is 9.97 Å². The van der Waals surface area contributed by atoms with Gasteiger partial charge < -0.3 is 10.6 Å². The Morgan fingerprint density at radius 1 is 1.50 bits per heavy atom. The molecule has 1 saturated heterocycles. The van der Waals surface area contributed by atoms with Crippen LogP contribution in [0.15, 0.2) is 12.4 Å². The summed E-state index contributed by atoms with van der Waals surface area (Å²) in [4.78, 5) is 10.9. The minimum atomic E-state index is 0.462. The fourth-order valence-electron chi connectivity index (χ4n) is 1.76. The maximum atomic E-state index is 5.46. The lowest BCUT2D eigenvalue weighted by Gasteiger charge is -2.16. The van der Waals surface area contributed by atoms with Crippen LogP contribution in [0.3, 0.4) is 0 Å². The van der Waals surface area contributed by atoms with Gasteiger partial charge in [-0.05, 0) is 12.3 Å². The Morgan fingerprint density at radius 3 is 2.86 bits per heavy atom. The van der Waals surface area contributed by atoms with Crippen molar-refractivity contribution in [3.8, 4) is 0 Å². The van der Waals surface area contributed by atoms with Gasteiger partial charge >= 0.3 is 0 Å². The summed E-state index contributed by atoms with van der Waals surface area (Å²) in [6.45, 7) is 4.92. The molecule has 2 rings (SSSR count). The normalized spacial score (nSPS) is 21.6. The van der Waals surface area contributed by atoms with Crippen molar-refractivity contribution < 1.29 is 0 Å². The SMILES string of the molecule is CC1CCN(c2cnc(CN)cn2)C1. The molecule has 2 heterocycles. The Morgan fingerprint density at radius 2 is 2.36 bits per heavy atom. The van der Waals surface area contributed by atoms with E-state index in [1.165, 1.54) is 6.42 Å². The molecule has 0 aliphatic carbocycles. The van der Waals surface area contributed by atoms with Crippen molar-refractivity contribution >= 4 is 5.82 Å². The molecule has 0 amide bonds. The molecule has 0 aromatic carbocycles. The van der Waals surface area contributed by atoms with Crippen LogP contribution in [0.5, 0.6) is 0 Å². The van der Waals surface area contributed by atoms with Crippen LogP contribution in [-0.2, 0) is 6.54 Å². The average Bonchev–Trinajstić information content (AvgIpc) is 2.65. The molecule has 0 saturated carbocycles. The van der Waals surface area contributed by atoms with E-state index in [1.807, 2.05) is 6.20 Å². The Kier molecular flexibility index (Phi) is 2.63. The van der Waals surface area contributed by atoms with E-state index >= 15 is 0 Å². The topological polar surface area (TPSA) is 55.0 Å². The summed E-state index contributed by atoms with van der Waals surface area (Å²) in [5, 5.41) is 0. The molecule has 1 aromatic heterocycles. The molecule has 1 fully saturated rings. The lowest BCUT2D eigenvalue weighted by Crippen LogP contribution is -2.20. The average molecular weight is 192 g/mol. The molecule has 1 aromatic rings. The summed E-state index contributed by atoms with van der Waals surface area (Å²) < 4.78 is 0. The molecule has 0 spiro atoms. The highest BCUT2D eigenvalue weighted by Crippen LogP contribution is 2.20. The van der Waals surface area contributed by atoms with Gasteiger partial charge in [-0.25, -0.2) is 4.98 Å². The zero-order valence-corrected chi connectivity index (χ0v) is 8.48. The van der Waals surface area contributed by atoms with E-state index in [9.17, 15) is 0 Å². The van der Waals surface area contributed by atoms with E-state index in [-0.39, 0.29) is 0 Å². The second-order valence-corrected chi connectivity index (χ2v) is 3.91. The predicted molar refractivity (Wildman–Crippen MR) is 55.9 cm³/mol. The van der Waals surface area contributed by atoms with E-state index < -0.39 is 0 Å². The van der Waals surface area contributed by atoms with Crippen molar-refractivity contribution in [2.75, 3.05) is 18.0 Å². The van der Waals surface area contributed by atoms with E-state index in [0.717, 1.165) is 30.5 Å². The van der Waals surface area contributed by atoms with Gasteiger partial charge in [-0.1, -0.05) is 6.92 Å². The first-order chi connectivity index (χ1) is 6.79. The van der Waals surface area contributed by atoms with Gasteiger partial charge in [0.1, 0.15) is 5.82 Å². The van der Waals surface area contributed by atoms with Gasteiger partial charge in [0.25, 0.3) is 0 Å².